The number of carbonyl (C=O) groups excluding carboxylic acids is 2. The molecule has 0 bridgehead atoms. The maximum Gasteiger partial charge on any atom is 0.274 e. The summed E-state index contributed by atoms with van der Waals surface area (Å²) in [4.78, 5) is 38.4. The molecule has 2 heterocycles. The molecule has 0 aliphatic rings. The summed E-state index contributed by atoms with van der Waals surface area (Å²) >= 11 is 0. The summed E-state index contributed by atoms with van der Waals surface area (Å²) in [5.41, 5.74) is 1.49. The average molecular weight is 365 g/mol. The summed E-state index contributed by atoms with van der Waals surface area (Å²) < 4.78 is 1.51. The lowest BCUT2D eigenvalue weighted by Crippen LogP contribution is -2.21. The Bertz CT molecular complexity index is 1000. The molecule has 27 heavy (non-hydrogen) atoms. The van der Waals surface area contributed by atoms with Gasteiger partial charge in [0.05, 0.1) is 11.7 Å². The molecule has 0 saturated carbocycles. The number of nitrogens with one attached hydrogen (secondary N) is 3. The van der Waals surface area contributed by atoms with Gasteiger partial charge in [-0.15, -0.1) is 0 Å². The van der Waals surface area contributed by atoms with Crippen molar-refractivity contribution in [2.45, 2.75) is 13.0 Å². The number of nitrogens with zero attached hydrogens (tertiary/aromatic N) is 2. The highest BCUT2D eigenvalue weighted by molar-refractivity contribution is 6.04. The van der Waals surface area contributed by atoms with Gasteiger partial charge in [0.15, 0.2) is 5.69 Å². The first-order valence-electron chi connectivity index (χ1n) is 8.36. The van der Waals surface area contributed by atoms with E-state index in [2.05, 4.69) is 20.7 Å². The van der Waals surface area contributed by atoms with Crippen LogP contribution in [-0.2, 0) is 0 Å². The molecule has 0 aliphatic carbocycles. The molecule has 8 heteroatoms. The summed E-state index contributed by atoms with van der Waals surface area (Å²) in [7, 11) is 1.50. The lowest BCUT2D eigenvalue weighted by molar-refractivity contribution is 0.0956. The number of amides is 2. The number of rotatable bonds is 5. The van der Waals surface area contributed by atoms with Crippen molar-refractivity contribution >= 4 is 17.5 Å². The number of carbonyl (C=O) groups is 2. The maximum absolute atomic E-state index is 12.8. The molecular weight excluding hydrogens is 346 g/mol. The van der Waals surface area contributed by atoms with Gasteiger partial charge in [0.2, 0.25) is 5.56 Å². The Labute approximate surface area is 155 Å². The zero-order valence-electron chi connectivity index (χ0n) is 14.9. The van der Waals surface area contributed by atoms with Crippen LogP contribution in [0, 0.1) is 0 Å². The largest absolute Gasteiger partial charge is 0.354 e. The second kappa shape index (κ2) is 7.69. The van der Waals surface area contributed by atoms with Gasteiger partial charge in [-0.3, -0.25) is 19.1 Å². The molecule has 8 nitrogen and oxygen atoms in total. The molecule has 1 aromatic carbocycles. The lowest BCUT2D eigenvalue weighted by Gasteiger charge is -2.16. The van der Waals surface area contributed by atoms with E-state index in [1.165, 1.54) is 36.1 Å². The van der Waals surface area contributed by atoms with E-state index in [9.17, 15) is 14.4 Å². The second-order valence-electron chi connectivity index (χ2n) is 5.92. The number of aromatic nitrogens is 3. The fourth-order valence-corrected chi connectivity index (χ4v) is 2.65. The predicted molar refractivity (Wildman–Crippen MR) is 101 cm³/mol. The van der Waals surface area contributed by atoms with Gasteiger partial charge in [0, 0.05) is 25.4 Å². The van der Waals surface area contributed by atoms with Crippen LogP contribution < -0.4 is 16.2 Å². The van der Waals surface area contributed by atoms with Gasteiger partial charge in [-0.25, -0.2) is 0 Å². The molecule has 0 saturated heterocycles. The summed E-state index contributed by atoms with van der Waals surface area (Å²) in [6.07, 6.45) is 1.40. The van der Waals surface area contributed by atoms with E-state index >= 15 is 0 Å². The van der Waals surface area contributed by atoms with Crippen LogP contribution in [0.15, 0.2) is 59.5 Å². The number of benzene rings is 1. The van der Waals surface area contributed by atoms with Crippen molar-refractivity contribution in [3.63, 3.8) is 0 Å². The molecule has 3 N–H and O–H groups in total. The van der Waals surface area contributed by atoms with Gasteiger partial charge in [0.1, 0.15) is 5.69 Å². The molecule has 0 unspecified atom stereocenters. The third kappa shape index (κ3) is 3.95. The first-order chi connectivity index (χ1) is 13.0. The molecule has 2 aromatic heterocycles. The molecule has 0 aliphatic heterocycles. The Balaban J connectivity index is 1.98. The summed E-state index contributed by atoms with van der Waals surface area (Å²) in [5, 5.41) is 9.53. The number of hydrogen-bond donors (Lipinski definition) is 3. The second-order valence-corrected chi connectivity index (χ2v) is 5.92. The van der Waals surface area contributed by atoms with Crippen molar-refractivity contribution in [3.8, 4) is 0 Å². The zero-order chi connectivity index (χ0) is 19.4. The molecule has 0 radical (unpaired) electrons. The van der Waals surface area contributed by atoms with Crippen molar-refractivity contribution in [1.82, 2.24) is 20.1 Å². The van der Waals surface area contributed by atoms with Crippen LogP contribution in [0.1, 0.15) is 39.5 Å². The first kappa shape index (κ1) is 18.1. The maximum atomic E-state index is 12.8. The van der Waals surface area contributed by atoms with Crippen LogP contribution in [-0.4, -0.2) is 33.6 Å². The van der Waals surface area contributed by atoms with Crippen LogP contribution in [0.4, 0.5) is 5.69 Å². The van der Waals surface area contributed by atoms with E-state index in [1.807, 2.05) is 37.3 Å². The van der Waals surface area contributed by atoms with Gasteiger partial charge >= 0.3 is 0 Å². The smallest absolute Gasteiger partial charge is 0.274 e. The van der Waals surface area contributed by atoms with Gasteiger partial charge in [-0.1, -0.05) is 30.3 Å². The molecular formula is C19H19N5O3. The lowest BCUT2D eigenvalue weighted by atomic mass is 10.1. The Hall–Kier alpha value is -3.68. The van der Waals surface area contributed by atoms with Gasteiger partial charge in [0.25, 0.3) is 11.8 Å². The molecule has 0 spiro atoms. The van der Waals surface area contributed by atoms with E-state index < -0.39 is 5.91 Å². The summed E-state index contributed by atoms with van der Waals surface area (Å²) in [5.74, 6) is -0.820. The Morgan fingerprint density at radius 1 is 1.11 bits per heavy atom. The summed E-state index contributed by atoms with van der Waals surface area (Å²) in [6, 6.07) is 13.5. The normalized spacial score (nSPS) is 11.6. The van der Waals surface area contributed by atoms with Crippen LogP contribution in [0.25, 0.3) is 0 Å². The standard InChI is InChI=1S/C19H19N5O3/c1-12(13-6-4-3-5-7-13)24-16(10-15(23-24)18(26)20-2)19(27)22-14-8-9-17(25)21-11-14/h3-12H,1-2H3,(H,20,26)(H,21,25)(H,22,27)/t12-/m0/s1. The van der Waals surface area contributed by atoms with E-state index in [4.69, 9.17) is 0 Å². The minimum absolute atomic E-state index is 0.145. The van der Waals surface area contributed by atoms with E-state index in [0.29, 0.717) is 5.69 Å². The fraction of sp³-hybridized carbons (Fsp3) is 0.158. The molecule has 138 valence electrons. The Morgan fingerprint density at radius 3 is 2.48 bits per heavy atom. The SMILES string of the molecule is CNC(=O)c1cc(C(=O)Nc2ccc(=O)[nH]c2)n([C@@H](C)c2ccccc2)n1. The number of aromatic amines is 1. The quantitative estimate of drug-likeness (QED) is 0.640. The Morgan fingerprint density at radius 2 is 1.85 bits per heavy atom. The number of pyridine rings is 1. The van der Waals surface area contributed by atoms with Crippen LogP contribution >= 0.6 is 0 Å². The number of H-pyrrole nitrogens is 1. The van der Waals surface area contributed by atoms with Crippen molar-refractivity contribution in [2.75, 3.05) is 12.4 Å². The highest BCUT2D eigenvalue weighted by atomic mass is 16.2. The summed E-state index contributed by atoms with van der Waals surface area (Å²) in [6.45, 7) is 1.90. The minimum Gasteiger partial charge on any atom is -0.354 e. The highest BCUT2D eigenvalue weighted by Crippen LogP contribution is 2.21. The first-order valence-corrected chi connectivity index (χ1v) is 8.36. The van der Waals surface area contributed by atoms with Crippen molar-refractivity contribution in [1.29, 1.82) is 0 Å². The monoisotopic (exact) mass is 365 g/mol. The van der Waals surface area contributed by atoms with Crippen LogP contribution in [0.5, 0.6) is 0 Å². The van der Waals surface area contributed by atoms with E-state index in [1.54, 1.807) is 0 Å². The molecule has 2 amide bonds. The van der Waals surface area contributed by atoms with Crippen molar-refractivity contribution < 1.29 is 9.59 Å². The number of anilines is 1. The third-order valence-corrected chi connectivity index (χ3v) is 4.12. The Kier molecular flexibility index (Phi) is 5.16. The van der Waals surface area contributed by atoms with Crippen molar-refractivity contribution in [2.24, 2.45) is 0 Å². The van der Waals surface area contributed by atoms with E-state index in [0.717, 1.165) is 5.56 Å². The fourth-order valence-electron chi connectivity index (χ4n) is 2.65. The molecule has 3 aromatic rings. The van der Waals surface area contributed by atoms with Crippen LogP contribution in [0.2, 0.25) is 0 Å². The zero-order valence-corrected chi connectivity index (χ0v) is 14.9. The number of hydrogen-bond acceptors (Lipinski definition) is 4. The van der Waals surface area contributed by atoms with Gasteiger partial charge < -0.3 is 15.6 Å². The predicted octanol–water partition coefficient (Wildman–Crippen LogP) is 1.79. The third-order valence-electron chi connectivity index (χ3n) is 4.12. The molecule has 1 atom stereocenters. The highest BCUT2D eigenvalue weighted by Gasteiger charge is 2.22. The van der Waals surface area contributed by atoms with E-state index in [-0.39, 0.29) is 28.9 Å². The van der Waals surface area contributed by atoms with Gasteiger partial charge in [-0.2, -0.15) is 5.10 Å². The average Bonchev–Trinajstić information content (AvgIpc) is 3.15. The molecule has 0 fully saturated rings. The van der Waals surface area contributed by atoms with Crippen molar-refractivity contribution in [3.05, 3.63) is 82.0 Å². The van der Waals surface area contributed by atoms with Gasteiger partial charge in [-0.05, 0) is 18.6 Å². The topological polar surface area (TPSA) is 109 Å². The minimum atomic E-state index is -0.438. The molecule has 3 rings (SSSR count). The van der Waals surface area contributed by atoms with Crippen LogP contribution in [0.3, 0.4) is 0 Å².